The Morgan fingerprint density at radius 2 is 2.31 bits per heavy atom. The third kappa shape index (κ3) is 3.40. The molecule has 0 aromatic rings. The Morgan fingerprint density at radius 1 is 1.62 bits per heavy atom. The molecule has 0 aromatic carbocycles. The van der Waals surface area contributed by atoms with Crippen molar-refractivity contribution < 1.29 is 18.7 Å². The molecule has 13 heavy (non-hydrogen) atoms. The molecule has 1 aliphatic rings. The molecular formula is C8H11F2NO2. The minimum atomic E-state index is -2.59. The first-order valence-corrected chi connectivity index (χ1v) is 4.03. The Hall–Kier alpha value is -1.13. The fraction of sp³-hybridized carbons (Fsp3) is 0.625. The van der Waals surface area contributed by atoms with E-state index in [1.54, 1.807) is 0 Å². The summed E-state index contributed by atoms with van der Waals surface area (Å²) in [4.78, 5) is 10.0. The van der Waals surface area contributed by atoms with Gasteiger partial charge in [0.05, 0.1) is 0 Å². The average Bonchev–Trinajstić information content (AvgIpc) is 2.29. The van der Waals surface area contributed by atoms with Crippen LogP contribution in [0.2, 0.25) is 0 Å². The van der Waals surface area contributed by atoms with Crippen LogP contribution in [0.4, 0.5) is 8.78 Å². The van der Waals surface area contributed by atoms with Gasteiger partial charge < -0.3 is 10.4 Å². The van der Waals surface area contributed by atoms with Crippen LogP contribution in [0.15, 0.2) is 12.3 Å². The van der Waals surface area contributed by atoms with Crippen molar-refractivity contribution in [3.8, 4) is 0 Å². The van der Waals surface area contributed by atoms with Gasteiger partial charge in [0, 0.05) is 31.2 Å². The standard InChI is InChI=1S/C8H11F2NO2/c9-8(10)3-1-6(5-8)11-4-2-7(12)13/h2,4,6,11H,1,3,5H2,(H,12,13)/b4-2+. The fourth-order valence-electron chi connectivity index (χ4n) is 1.35. The predicted molar refractivity (Wildman–Crippen MR) is 42.5 cm³/mol. The molecule has 1 atom stereocenters. The van der Waals surface area contributed by atoms with Gasteiger partial charge in [0.2, 0.25) is 5.92 Å². The summed E-state index contributed by atoms with van der Waals surface area (Å²) < 4.78 is 25.2. The topological polar surface area (TPSA) is 49.3 Å². The number of aliphatic carboxylic acids is 1. The zero-order valence-electron chi connectivity index (χ0n) is 6.96. The summed E-state index contributed by atoms with van der Waals surface area (Å²) in [5, 5.41) is 10.8. The van der Waals surface area contributed by atoms with E-state index in [-0.39, 0.29) is 18.9 Å². The quantitative estimate of drug-likeness (QED) is 0.662. The van der Waals surface area contributed by atoms with E-state index in [1.807, 2.05) is 0 Å². The highest BCUT2D eigenvalue weighted by molar-refractivity contribution is 5.79. The Kier molecular flexibility index (Phi) is 2.85. The van der Waals surface area contributed by atoms with Crippen molar-refractivity contribution in [1.29, 1.82) is 0 Å². The molecule has 3 nitrogen and oxygen atoms in total. The molecule has 5 heteroatoms. The lowest BCUT2D eigenvalue weighted by molar-refractivity contribution is -0.131. The molecule has 1 unspecified atom stereocenters. The number of rotatable bonds is 3. The fourth-order valence-corrected chi connectivity index (χ4v) is 1.35. The van der Waals surface area contributed by atoms with Crippen molar-refractivity contribution in [3.05, 3.63) is 12.3 Å². The third-order valence-electron chi connectivity index (χ3n) is 1.96. The van der Waals surface area contributed by atoms with Gasteiger partial charge in [-0.05, 0) is 6.42 Å². The zero-order chi connectivity index (χ0) is 9.90. The van der Waals surface area contributed by atoms with Crippen molar-refractivity contribution in [2.75, 3.05) is 0 Å². The molecule has 0 aromatic heterocycles. The van der Waals surface area contributed by atoms with Gasteiger partial charge in [-0.2, -0.15) is 0 Å². The van der Waals surface area contributed by atoms with E-state index < -0.39 is 11.9 Å². The van der Waals surface area contributed by atoms with Crippen LogP contribution in [0.3, 0.4) is 0 Å². The molecule has 0 spiro atoms. The monoisotopic (exact) mass is 191 g/mol. The van der Waals surface area contributed by atoms with Crippen molar-refractivity contribution in [1.82, 2.24) is 5.32 Å². The van der Waals surface area contributed by atoms with E-state index in [2.05, 4.69) is 5.32 Å². The maximum atomic E-state index is 12.6. The molecule has 1 aliphatic carbocycles. The highest BCUT2D eigenvalue weighted by Gasteiger charge is 2.38. The molecule has 1 rings (SSSR count). The van der Waals surface area contributed by atoms with Gasteiger partial charge >= 0.3 is 5.97 Å². The summed E-state index contributed by atoms with van der Waals surface area (Å²) in [5.41, 5.74) is 0. The van der Waals surface area contributed by atoms with Gasteiger partial charge in [-0.25, -0.2) is 13.6 Å². The van der Waals surface area contributed by atoms with Gasteiger partial charge in [-0.1, -0.05) is 0 Å². The van der Waals surface area contributed by atoms with Crippen LogP contribution in [0, 0.1) is 0 Å². The van der Waals surface area contributed by atoms with E-state index in [0.717, 1.165) is 6.08 Å². The number of carbonyl (C=O) groups is 1. The lowest BCUT2D eigenvalue weighted by Crippen LogP contribution is -2.23. The SMILES string of the molecule is O=C(O)/C=C/NC1CCC(F)(F)C1. The Bertz CT molecular complexity index is 228. The van der Waals surface area contributed by atoms with Crippen molar-refractivity contribution in [2.45, 2.75) is 31.2 Å². The van der Waals surface area contributed by atoms with Crippen molar-refractivity contribution in [2.24, 2.45) is 0 Å². The molecule has 0 heterocycles. The third-order valence-corrected chi connectivity index (χ3v) is 1.96. The second kappa shape index (κ2) is 3.72. The largest absolute Gasteiger partial charge is 0.478 e. The summed E-state index contributed by atoms with van der Waals surface area (Å²) in [6, 6.07) is -0.300. The summed E-state index contributed by atoms with van der Waals surface area (Å²) in [6.07, 6.45) is 2.16. The summed E-state index contributed by atoms with van der Waals surface area (Å²) in [5.74, 6) is -3.67. The van der Waals surface area contributed by atoms with Crippen LogP contribution in [0.5, 0.6) is 0 Å². The number of carboxylic acid groups (broad SMARTS) is 1. The summed E-state index contributed by atoms with van der Waals surface area (Å²) >= 11 is 0. The highest BCUT2D eigenvalue weighted by Crippen LogP contribution is 2.34. The number of hydrogen-bond acceptors (Lipinski definition) is 2. The molecule has 2 N–H and O–H groups in total. The number of hydrogen-bond donors (Lipinski definition) is 2. The van der Waals surface area contributed by atoms with Crippen molar-refractivity contribution in [3.63, 3.8) is 0 Å². The van der Waals surface area contributed by atoms with Gasteiger partial charge in [0.25, 0.3) is 0 Å². The average molecular weight is 191 g/mol. The maximum Gasteiger partial charge on any atom is 0.329 e. The first-order valence-electron chi connectivity index (χ1n) is 4.03. The molecule has 0 saturated heterocycles. The number of alkyl halides is 2. The van der Waals surface area contributed by atoms with Crippen LogP contribution >= 0.6 is 0 Å². The highest BCUT2D eigenvalue weighted by atomic mass is 19.3. The zero-order valence-corrected chi connectivity index (χ0v) is 6.96. The molecule has 1 fully saturated rings. The number of carboxylic acids is 1. The summed E-state index contributed by atoms with van der Waals surface area (Å²) in [7, 11) is 0. The number of nitrogens with one attached hydrogen (secondary N) is 1. The number of halogens is 2. The van der Waals surface area contributed by atoms with Crippen LogP contribution in [0.1, 0.15) is 19.3 Å². The first kappa shape index (κ1) is 9.95. The minimum absolute atomic E-state index is 0.119. The second-order valence-corrected chi connectivity index (χ2v) is 3.13. The molecule has 0 amide bonds. The van der Waals surface area contributed by atoms with Crippen LogP contribution in [0.25, 0.3) is 0 Å². The second-order valence-electron chi connectivity index (χ2n) is 3.13. The lowest BCUT2D eigenvalue weighted by atomic mass is 10.2. The minimum Gasteiger partial charge on any atom is -0.478 e. The molecular weight excluding hydrogens is 180 g/mol. The van der Waals surface area contributed by atoms with E-state index in [0.29, 0.717) is 6.42 Å². The van der Waals surface area contributed by atoms with E-state index >= 15 is 0 Å². The first-order chi connectivity index (χ1) is 5.99. The van der Waals surface area contributed by atoms with Gasteiger partial charge in [0.1, 0.15) is 0 Å². The molecule has 0 aliphatic heterocycles. The van der Waals surface area contributed by atoms with Crippen LogP contribution < -0.4 is 5.32 Å². The molecule has 0 radical (unpaired) electrons. The Labute approximate surface area is 74.4 Å². The van der Waals surface area contributed by atoms with Gasteiger partial charge in [-0.3, -0.25) is 0 Å². The van der Waals surface area contributed by atoms with E-state index in [4.69, 9.17) is 5.11 Å². The van der Waals surface area contributed by atoms with Crippen LogP contribution in [-0.4, -0.2) is 23.0 Å². The maximum absolute atomic E-state index is 12.6. The normalized spacial score (nSPS) is 26.5. The molecule has 1 saturated carbocycles. The van der Waals surface area contributed by atoms with Gasteiger partial charge in [-0.15, -0.1) is 0 Å². The van der Waals surface area contributed by atoms with E-state index in [1.165, 1.54) is 6.20 Å². The predicted octanol–water partition coefficient (Wildman–Crippen LogP) is 1.36. The Balaban J connectivity index is 2.29. The Morgan fingerprint density at radius 3 is 2.77 bits per heavy atom. The van der Waals surface area contributed by atoms with Gasteiger partial charge in [0.15, 0.2) is 0 Å². The van der Waals surface area contributed by atoms with Crippen LogP contribution in [-0.2, 0) is 4.79 Å². The summed E-state index contributed by atoms with van der Waals surface area (Å²) in [6.45, 7) is 0. The van der Waals surface area contributed by atoms with E-state index in [9.17, 15) is 13.6 Å². The molecule has 74 valence electrons. The molecule has 0 bridgehead atoms. The lowest BCUT2D eigenvalue weighted by Gasteiger charge is -2.09. The smallest absolute Gasteiger partial charge is 0.329 e. The van der Waals surface area contributed by atoms with Crippen molar-refractivity contribution >= 4 is 5.97 Å².